The Bertz CT molecular complexity index is 969. The second-order valence-electron chi connectivity index (χ2n) is 6.35. The zero-order chi connectivity index (χ0) is 17.6. The van der Waals surface area contributed by atoms with Crippen molar-refractivity contribution in [2.45, 2.75) is 25.8 Å². The number of nitrogens with zero attached hydrogens (tertiary/aromatic N) is 3. The predicted molar refractivity (Wildman–Crippen MR) is 96.9 cm³/mol. The van der Waals surface area contributed by atoms with Crippen LogP contribution in [0.2, 0.25) is 10.0 Å². The third-order valence-corrected chi connectivity index (χ3v) is 5.20. The van der Waals surface area contributed by atoms with E-state index < -0.39 is 0 Å². The van der Waals surface area contributed by atoms with Gasteiger partial charge >= 0.3 is 0 Å². The number of imidazole rings is 1. The van der Waals surface area contributed by atoms with E-state index in [2.05, 4.69) is 15.3 Å². The van der Waals surface area contributed by atoms with Crippen molar-refractivity contribution in [3.63, 3.8) is 0 Å². The van der Waals surface area contributed by atoms with Crippen LogP contribution >= 0.6 is 23.2 Å². The monoisotopic (exact) mass is 374 g/mol. The van der Waals surface area contributed by atoms with Gasteiger partial charge in [-0.2, -0.15) is 0 Å². The summed E-state index contributed by atoms with van der Waals surface area (Å²) in [5.74, 6) is 0.872. The summed E-state index contributed by atoms with van der Waals surface area (Å²) in [5.41, 5.74) is 2.76. The van der Waals surface area contributed by atoms with Crippen LogP contribution in [0, 0.1) is 12.8 Å². The van der Waals surface area contributed by atoms with E-state index in [0.717, 1.165) is 23.4 Å². The standard InChI is InChI=1S/C18H16Cl2N4O/c1-10-4-5-24-9-12(23-18(24)22-10)8-21-17(25)14-7-13(14)11-2-3-15(19)16(20)6-11/h2-6,9,13-14H,7-8H2,1H3,(H,21,25). The first-order valence-corrected chi connectivity index (χ1v) is 8.81. The molecular formula is C18H16Cl2N4O. The molecule has 0 radical (unpaired) electrons. The second kappa shape index (κ2) is 6.32. The number of carbonyl (C=O) groups excluding carboxylic acids is 1. The highest BCUT2D eigenvalue weighted by molar-refractivity contribution is 6.42. The molecule has 5 nitrogen and oxygen atoms in total. The van der Waals surface area contributed by atoms with Gasteiger partial charge in [-0.3, -0.25) is 9.20 Å². The molecule has 0 bridgehead atoms. The fraction of sp³-hybridized carbons (Fsp3) is 0.278. The maximum atomic E-state index is 12.4. The van der Waals surface area contributed by atoms with Crippen LogP contribution < -0.4 is 5.32 Å². The van der Waals surface area contributed by atoms with Gasteiger partial charge in [-0.25, -0.2) is 9.97 Å². The Hall–Kier alpha value is -2.11. The van der Waals surface area contributed by atoms with Crippen molar-refractivity contribution in [2.75, 3.05) is 0 Å². The van der Waals surface area contributed by atoms with Crippen molar-refractivity contribution in [2.24, 2.45) is 5.92 Å². The fourth-order valence-corrected chi connectivity index (χ4v) is 3.31. The van der Waals surface area contributed by atoms with E-state index in [9.17, 15) is 4.79 Å². The van der Waals surface area contributed by atoms with Crippen molar-refractivity contribution < 1.29 is 4.79 Å². The molecule has 2 heterocycles. The Morgan fingerprint density at radius 3 is 2.92 bits per heavy atom. The highest BCUT2D eigenvalue weighted by Crippen LogP contribution is 2.48. The third-order valence-electron chi connectivity index (χ3n) is 4.46. The van der Waals surface area contributed by atoms with Crippen LogP contribution in [0.5, 0.6) is 0 Å². The van der Waals surface area contributed by atoms with Gasteiger partial charge in [0.2, 0.25) is 11.7 Å². The topological polar surface area (TPSA) is 59.3 Å². The Labute approximate surface area is 155 Å². The molecule has 128 valence electrons. The molecule has 1 N–H and O–H groups in total. The Kier molecular flexibility index (Phi) is 4.13. The number of amides is 1. The normalized spacial score (nSPS) is 19.2. The Balaban J connectivity index is 1.38. The van der Waals surface area contributed by atoms with Gasteiger partial charge in [-0.05, 0) is 43.0 Å². The number of nitrogens with one attached hydrogen (secondary N) is 1. The first-order chi connectivity index (χ1) is 12.0. The van der Waals surface area contributed by atoms with Crippen LogP contribution in [-0.2, 0) is 11.3 Å². The number of carbonyl (C=O) groups is 1. The molecule has 0 saturated heterocycles. The van der Waals surface area contributed by atoms with Crippen LogP contribution in [0.1, 0.15) is 29.3 Å². The van der Waals surface area contributed by atoms with Gasteiger partial charge in [-0.1, -0.05) is 29.3 Å². The summed E-state index contributed by atoms with van der Waals surface area (Å²) in [4.78, 5) is 21.1. The highest BCUT2D eigenvalue weighted by Gasteiger charge is 2.43. The summed E-state index contributed by atoms with van der Waals surface area (Å²) in [6.07, 6.45) is 4.62. The number of halogens is 2. The molecule has 1 saturated carbocycles. The summed E-state index contributed by atoms with van der Waals surface area (Å²) in [6.45, 7) is 2.32. The largest absolute Gasteiger partial charge is 0.350 e. The number of rotatable bonds is 4. The van der Waals surface area contributed by atoms with Crippen molar-refractivity contribution in [1.29, 1.82) is 0 Å². The third kappa shape index (κ3) is 3.34. The molecule has 1 amide bonds. The van der Waals surface area contributed by atoms with Gasteiger partial charge in [0, 0.05) is 24.0 Å². The van der Waals surface area contributed by atoms with Gasteiger partial charge in [-0.15, -0.1) is 0 Å². The lowest BCUT2D eigenvalue weighted by molar-refractivity contribution is -0.122. The van der Waals surface area contributed by atoms with Crippen LogP contribution in [0.3, 0.4) is 0 Å². The Morgan fingerprint density at radius 1 is 1.28 bits per heavy atom. The van der Waals surface area contributed by atoms with Crippen molar-refractivity contribution in [1.82, 2.24) is 19.7 Å². The van der Waals surface area contributed by atoms with Crippen LogP contribution in [0.25, 0.3) is 5.78 Å². The summed E-state index contributed by atoms with van der Waals surface area (Å²) in [6, 6.07) is 7.47. The van der Waals surface area contributed by atoms with Gasteiger partial charge < -0.3 is 5.32 Å². The zero-order valence-electron chi connectivity index (χ0n) is 13.5. The van der Waals surface area contributed by atoms with Gasteiger partial charge in [0.25, 0.3) is 0 Å². The minimum Gasteiger partial charge on any atom is -0.350 e. The lowest BCUT2D eigenvalue weighted by atomic mass is 10.1. The molecule has 2 atom stereocenters. The number of hydrogen-bond donors (Lipinski definition) is 1. The molecule has 2 unspecified atom stereocenters. The number of fused-ring (bicyclic) bond motifs is 1. The van der Waals surface area contributed by atoms with E-state index in [1.54, 1.807) is 6.07 Å². The lowest BCUT2D eigenvalue weighted by Gasteiger charge is -2.04. The molecule has 7 heteroatoms. The fourth-order valence-electron chi connectivity index (χ4n) is 3.00. The molecule has 0 spiro atoms. The summed E-state index contributed by atoms with van der Waals surface area (Å²) in [5, 5.41) is 4.02. The number of benzene rings is 1. The molecule has 3 aromatic rings. The van der Waals surface area contributed by atoms with Crippen molar-refractivity contribution >= 4 is 34.9 Å². The summed E-state index contributed by atoms with van der Waals surface area (Å²) in [7, 11) is 0. The van der Waals surface area contributed by atoms with E-state index in [4.69, 9.17) is 23.2 Å². The van der Waals surface area contributed by atoms with Gasteiger partial charge in [0.05, 0.1) is 22.3 Å². The molecule has 1 aliphatic carbocycles. The molecule has 4 rings (SSSR count). The second-order valence-corrected chi connectivity index (χ2v) is 7.16. The van der Waals surface area contributed by atoms with E-state index >= 15 is 0 Å². The maximum absolute atomic E-state index is 12.4. The van der Waals surface area contributed by atoms with Crippen molar-refractivity contribution in [3.8, 4) is 0 Å². The first kappa shape index (κ1) is 16.4. The molecule has 1 fully saturated rings. The zero-order valence-corrected chi connectivity index (χ0v) is 15.1. The number of aryl methyl sites for hydroxylation is 1. The van der Waals surface area contributed by atoms with Gasteiger partial charge in [0.15, 0.2) is 0 Å². The van der Waals surface area contributed by atoms with Crippen LogP contribution in [0.15, 0.2) is 36.7 Å². The molecular weight excluding hydrogens is 359 g/mol. The van der Waals surface area contributed by atoms with E-state index in [1.165, 1.54) is 0 Å². The molecule has 25 heavy (non-hydrogen) atoms. The molecule has 0 aliphatic heterocycles. The molecule has 1 aliphatic rings. The van der Waals surface area contributed by atoms with E-state index in [1.807, 2.05) is 41.9 Å². The predicted octanol–water partition coefficient (Wildman–Crippen LogP) is 3.76. The van der Waals surface area contributed by atoms with Crippen LogP contribution in [-0.4, -0.2) is 20.3 Å². The number of hydrogen-bond acceptors (Lipinski definition) is 3. The summed E-state index contributed by atoms with van der Waals surface area (Å²) >= 11 is 12.0. The maximum Gasteiger partial charge on any atom is 0.234 e. The minimum atomic E-state index is -0.0188. The van der Waals surface area contributed by atoms with Crippen molar-refractivity contribution in [3.05, 3.63) is 63.7 Å². The smallest absolute Gasteiger partial charge is 0.234 e. The minimum absolute atomic E-state index is 0.0188. The molecule has 1 aromatic carbocycles. The molecule has 2 aromatic heterocycles. The van der Waals surface area contributed by atoms with E-state index in [0.29, 0.717) is 22.4 Å². The average Bonchev–Trinajstić information content (AvgIpc) is 3.28. The van der Waals surface area contributed by atoms with E-state index in [-0.39, 0.29) is 17.7 Å². The SMILES string of the molecule is Cc1ccn2cc(CNC(=O)C3CC3c3ccc(Cl)c(Cl)c3)nc2n1. The quantitative estimate of drug-likeness (QED) is 0.755. The average molecular weight is 375 g/mol. The summed E-state index contributed by atoms with van der Waals surface area (Å²) < 4.78 is 1.85. The van der Waals surface area contributed by atoms with Crippen LogP contribution in [0.4, 0.5) is 0 Å². The highest BCUT2D eigenvalue weighted by atomic mass is 35.5. The Morgan fingerprint density at radius 2 is 2.12 bits per heavy atom. The number of aromatic nitrogens is 3. The van der Waals surface area contributed by atoms with Gasteiger partial charge in [0.1, 0.15) is 0 Å². The first-order valence-electron chi connectivity index (χ1n) is 8.05. The lowest BCUT2D eigenvalue weighted by Crippen LogP contribution is -2.25.